The van der Waals surface area contributed by atoms with Gasteiger partial charge in [-0.1, -0.05) is 36.4 Å². The van der Waals surface area contributed by atoms with E-state index in [-0.39, 0.29) is 5.69 Å². The van der Waals surface area contributed by atoms with Gasteiger partial charge >= 0.3 is 6.03 Å². The lowest BCUT2D eigenvalue weighted by molar-refractivity contribution is -0.134. The number of anilines is 1. The highest BCUT2D eigenvalue weighted by Gasteiger charge is 2.52. The highest BCUT2D eigenvalue weighted by molar-refractivity contribution is 6.10. The van der Waals surface area contributed by atoms with Gasteiger partial charge in [0, 0.05) is 6.42 Å². The van der Waals surface area contributed by atoms with Gasteiger partial charge in [0.25, 0.3) is 5.91 Å². The molecule has 1 aliphatic carbocycles. The van der Waals surface area contributed by atoms with Crippen molar-refractivity contribution in [1.29, 1.82) is 0 Å². The second kappa shape index (κ2) is 6.50. The van der Waals surface area contributed by atoms with Gasteiger partial charge in [-0.05, 0) is 36.1 Å². The molecule has 0 saturated carbocycles. The zero-order chi connectivity index (χ0) is 19.0. The molecular formula is C20H18FN3O3. The molecule has 27 heavy (non-hydrogen) atoms. The molecule has 1 saturated heterocycles. The van der Waals surface area contributed by atoms with Crippen LogP contribution in [0, 0.1) is 5.82 Å². The number of halogens is 1. The molecule has 138 valence electrons. The Morgan fingerprint density at radius 3 is 2.59 bits per heavy atom. The Morgan fingerprint density at radius 2 is 1.81 bits per heavy atom. The highest BCUT2D eigenvalue weighted by atomic mass is 19.1. The molecule has 2 aliphatic rings. The van der Waals surface area contributed by atoms with Crippen LogP contribution in [-0.4, -0.2) is 34.8 Å². The van der Waals surface area contributed by atoms with Crippen LogP contribution in [0.1, 0.15) is 17.5 Å². The van der Waals surface area contributed by atoms with Gasteiger partial charge in [-0.3, -0.25) is 14.5 Å². The molecule has 7 heteroatoms. The lowest BCUT2D eigenvalue weighted by Crippen LogP contribution is -2.51. The molecule has 4 rings (SSSR count). The van der Waals surface area contributed by atoms with Crippen molar-refractivity contribution in [2.24, 2.45) is 0 Å². The van der Waals surface area contributed by atoms with E-state index in [1.807, 2.05) is 24.3 Å². The third-order valence-electron chi connectivity index (χ3n) is 5.13. The standard InChI is InChI=1S/C20H18FN3O3/c21-15-7-3-4-8-16(15)22-17(25)12-24-18(26)20(23-19(24)27)10-9-13-5-1-2-6-14(13)11-20/h1-8H,9-12H2,(H,22,25)(H,23,27). The molecule has 1 atom stereocenters. The Labute approximate surface area is 155 Å². The number of fused-ring (bicyclic) bond motifs is 1. The summed E-state index contributed by atoms with van der Waals surface area (Å²) in [5.41, 5.74) is 1.19. The summed E-state index contributed by atoms with van der Waals surface area (Å²) in [6.45, 7) is -0.456. The summed E-state index contributed by atoms with van der Waals surface area (Å²) < 4.78 is 13.7. The SMILES string of the molecule is O=C(CN1C(=O)NC2(CCc3ccccc3C2)C1=O)Nc1ccccc1F. The Balaban J connectivity index is 1.49. The monoisotopic (exact) mass is 367 g/mol. The number of rotatable bonds is 3. The van der Waals surface area contributed by atoms with Crippen molar-refractivity contribution in [3.63, 3.8) is 0 Å². The van der Waals surface area contributed by atoms with Crippen molar-refractivity contribution in [1.82, 2.24) is 10.2 Å². The van der Waals surface area contributed by atoms with E-state index in [2.05, 4.69) is 10.6 Å². The summed E-state index contributed by atoms with van der Waals surface area (Å²) in [6, 6.07) is 12.9. The number of carbonyl (C=O) groups excluding carboxylic acids is 3. The lowest BCUT2D eigenvalue weighted by Gasteiger charge is -2.32. The topological polar surface area (TPSA) is 78.5 Å². The van der Waals surface area contributed by atoms with E-state index in [4.69, 9.17) is 0 Å². The summed E-state index contributed by atoms with van der Waals surface area (Å²) >= 11 is 0. The number of nitrogens with zero attached hydrogens (tertiary/aromatic N) is 1. The number of amides is 4. The van der Waals surface area contributed by atoms with Crippen LogP contribution in [0.3, 0.4) is 0 Å². The van der Waals surface area contributed by atoms with E-state index >= 15 is 0 Å². The molecular weight excluding hydrogens is 349 g/mol. The third kappa shape index (κ3) is 3.05. The molecule has 1 unspecified atom stereocenters. The molecule has 2 aromatic rings. The van der Waals surface area contributed by atoms with Gasteiger partial charge in [-0.15, -0.1) is 0 Å². The minimum Gasteiger partial charge on any atom is -0.323 e. The maximum Gasteiger partial charge on any atom is 0.325 e. The lowest BCUT2D eigenvalue weighted by atomic mass is 9.78. The number of para-hydroxylation sites is 1. The zero-order valence-electron chi connectivity index (χ0n) is 14.5. The van der Waals surface area contributed by atoms with E-state index in [0.29, 0.717) is 19.3 Å². The number of imide groups is 1. The van der Waals surface area contributed by atoms with E-state index in [1.54, 1.807) is 6.07 Å². The Hall–Kier alpha value is -3.22. The number of carbonyl (C=O) groups is 3. The predicted molar refractivity (Wildman–Crippen MR) is 96.5 cm³/mol. The van der Waals surface area contributed by atoms with Crippen LogP contribution in [0.2, 0.25) is 0 Å². The van der Waals surface area contributed by atoms with E-state index in [0.717, 1.165) is 10.5 Å². The number of aryl methyl sites for hydroxylation is 1. The van der Waals surface area contributed by atoms with Crippen LogP contribution in [0.25, 0.3) is 0 Å². The first kappa shape index (κ1) is 17.2. The number of nitrogens with one attached hydrogen (secondary N) is 2. The maximum absolute atomic E-state index is 13.7. The largest absolute Gasteiger partial charge is 0.325 e. The molecule has 2 aromatic carbocycles. The van der Waals surface area contributed by atoms with Gasteiger partial charge in [-0.2, -0.15) is 0 Å². The summed E-state index contributed by atoms with van der Waals surface area (Å²) in [5.74, 6) is -1.62. The van der Waals surface area contributed by atoms with Gasteiger partial charge in [0.2, 0.25) is 5.91 Å². The Morgan fingerprint density at radius 1 is 1.11 bits per heavy atom. The zero-order valence-corrected chi connectivity index (χ0v) is 14.5. The number of hydrogen-bond donors (Lipinski definition) is 2. The van der Waals surface area contributed by atoms with E-state index in [9.17, 15) is 18.8 Å². The summed E-state index contributed by atoms with van der Waals surface area (Å²) in [4.78, 5) is 38.4. The van der Waals surface area contributed by atoms with Crippen molar-refractivity contribution in [3.05, 3.63) is 65.5 Å². The van der Waals surface area contributed by atoms with Crippen LogP contribution in [0.15, 0.2) is 48.5 Å². The normalized spacial score (nSPS) is 21.1. The molecule has 1 fully saturated rings. The fourth-order valence-corrected chi connectivity index (χ4v) is 3.74. The first-order valence-electron chi connectivity index (χ1n) is 8.74. The Kier molecular flexibility index (Phi) is 4.14. The average molecular weight is 367 g/mol. The van der Waals surface area contributed by atoms with Crippen LogP contribution in [0.4, 0.5) is 14.9 Å². The van der Waals surface area contributed by atoms with Crippen molar-refractivity contribution < 1.29 is 18.8 Å². The van der Waals surface area contributed by atoms with Crippen molar-refractivity contribution in [3.8, 4) is 0 Å². The summed E-state index contributed by atoms with van der Waals surface area (Å²) in [5, 5.41) is 5.17. The molecule has 6 nitrogen and oxygen atoms in total. The van der Waals surface area contributed by atoms with Crippen LogP contribution >= 0.6 is 0 Å². The van der Waals surface area contributed by atoms with Gasteiger partial charge < -0.3 is 10.6 Å². The average Bonchev–Trinajstić information content (AvgIpc) is 2.87. The predicted octanol–water partition coefficient (Wildman–Crippen LogP) is 2.24. The molecule has 0 aromatic heterocycles. The number of urea groups is 1. The molecule has 1 heterocycles. The molecule has 1 aliphatic heterocycles. The van der Waals surface area contributed by atoms with Crippen molar-refractivity contribution in [2.75, 3.05) is 11.9 Å². The van der Waals surface area contributed by atoms with Crippen LogP contribution in [-0.2, 0) is 22.4 Å². The quantitative estimate of drug-likeness (QED) is 0.817. The summed E-state index contributed by atoms with van der Waals surface area (Å²) in [7, 11) is 0. The number of benzene rings is 2. The van der Waals surface area contributed by atoms with Crippen LogP contribution in [0.5, 0.6) is 0 Å². The fourth-order valence-electron chi connectivity index (χ4n) is 3.74. The van der Waals surface area contributed by atoms with Crippen molar-refractivity contribution >= 4 is 23.5 Å². The molecule has 0 bridgehead atoms. The van der Waals surface area contributed by atoms with E-state index in [1.165, 1.54) is 23.8 Å². The minimum atomic E-state index is -1.01. The highest BCUT2D eigenvalue weighted by Crippen LogP contribution is 2.33. The molecule has 0 radical (unpaired) electrons. The molecule has 1 spiro atoms. The minimum absolute atomic E-state index is 0.0101. The van der Waals surface area contributed by atoms with E-state index < -0.39 is 35.7 Å². The van der Waals surface area contributed by atoms with Crippen molar-refractivity contribution in [2.45, 2.75) is 24.8 Å². The van der Waals surface area contributed by atoms with Gasteiger partial charge in [0.05, 0.1) is 5.69 Å². The van der Waals surface area contributed by atoms with Gasteiger partial charge in [-0.25, -0.2) is 9.18 Å². The second-order valence-corrected chi connectivity index (χ2v) is 6.88. The Bertz CT molecular complexity index is 946. The van der Waals surface area contributed by atoms with Gasteiger partial charge in [0.1, 0.15) is 17.9 Å². The smallest absolute Gasteiger partial charge is 0.323 e. The summed E-state index contributed by atoms with van der Waals surface area (Å²) in [6.07, 6.45) is 1.57. The number of hydrogen-bond acceptors (Lipinski definition) is 3. The molecule has 2 N–H and O–H groups in total. The van der Waals surface area contributed by atoms with Crippen LogP contribution < -0.4 is 10.6 Å². The second-order valence-electron chi connectivity index (χ2n) is 6.88. The maximum atomic E-state index is 13.7. The first-order chi connectivity index (χ1) is 13.0. The van der Waals surface area contributed by atoms with Gasteiger partial charge in [0.15, 0.2) is 0 Å². The fraction of sp³-hybridized carbons (Fsp3) is 0.250. The third-order valence-corrected chi connectivity index (χ3v) is 5.13. The molecule has 4 amide bonds. The first-order valence-corrected chi connectivity index (χ1v) is 8.74.